The van der Waals surface area contributed by atoms with Gasteiger partial charge in [0, 0.05) is 17.8 Å². The third-order valence-electron chi connectivity index (χ3n) is 3.62. The second kappa shape index (κ2) is 7.06. The number of benzene rings is 1. The number of phenolic OH excluding ortho intramolecular Hbond substituents is 1. The number of hydrogen-bond acceptors (Lipinski definition) is 7. The first-order valence-corrected chi connectivity index (χ1v) is 7.52. The summed E-state index contributed by atoms with van der Waals surface area (Å²) in [5.74, 6) is -0.321. The van der Waals surface area contributed by atoms with Crippen molar-refractivity contribution in [2.24, 2.45) is 0 Å². The lowest BCUT2D eigenvalue weighted by Gasteiger charge is -2.21. The highest BCUT2D eigenvalue weighted by molar-refractivity contribution is 5.49. The first-order chi connectivity index (χ1) is 12.1. The molecule has 0 aliphatic carbocycles. The average Bonchev–Trinajstić information content (AvgIpc) is 2.63. The number of aromatic nitrogens is 1. The molecule has 0 saturated carbocycles. The maximum absolute atomic E-state index is 12.0. The molecule has 1 atom stereocenters. The Morgan fingerprint density at radius 3 is 2.56 bits per heavy atom. The van der Waals surface area contributed by atoms with Crippen LogP contribution in [0.15, 0.2) is 63.9 Å². The Morgan fingerprint density at radius 1 is 1.12 bits per heavy atom. The molecule has 128 valence electrons. The van der Waals surface area contributed by atoms with Crippen LogP contribution in [0.3, 0.4) is 0 Å². The molecule has 0 amide bonds. The molecule has 2 aromatic heterocycles. The summed E-state index contributed by atoms with van der Waals surface area (Å²) in [5.41, 5.74) is -0.310. The highest BCUT2D eigenvalue weighted by Crippen LogP contribution is 2.35. The number of nitrogens with zero attached hydrogens (tertiary/aromatic N) is 1. The summed E-state index contributed by atoms with van der Waals surface area (Å²) in [6, 6.07) is 11.8. The monoisotopic (exact) mass is 340 g/mol. The number of rotatable bonds is 5. The second-order valence-corrected chi connectivity index (χ2v) is 5.30. The predicted molar refractivity (Wildman–Crippen MR) is 90.4 cm³/mol. The first-order valence-electron chi connectivity index (χ1n) is 7.52. The van der Waals surface area contributed by atoms with Gasteiger partial charge >= 0.3 is 0 Å². The number of aliphatic hydroxyl groups is 1. The van der Waals surface area contributed by atoms with Gasteiger partial charge in [0.2, 0.25) is 11.2 Å². The van der Waals surface area contributed by atoms with E-state index >= 15 is 0 Å². The van der Waals surface area contributed by atoms with Gasteiger partial charge in [-0.15, -0.1) is 0 Å². The molecule has 4 N–H and O–H groups in total. The number of para-hydroxylation sites is 1. The van der Waals surface area contributed by atoms with Gasteiger partial charge in [0.1, 0.15) is 30.0 Å². The van der Waals surface area contributed by atoms with Gasteiger partial charge in [-0.05, 0) is 18.2 Å². The molecule has 25 heavy (non-hydrogen) atoms. The molecule has 0 aliphatic heterocycles. The molecule has 1 aromatic carbocycles. The summed E-state index contributed by atoms with van der Waals surface area (Å²) in [7, 11) is 0. The molecule has 0 bridgehead atoms. The lowest BCUT2D eigenvalue weighted by atomic mass is 10.0. The lowest BCUT2D eigenvalue weighted by Crippen LogP contribution is -2.17. The van der Waals surface area contributed by atoms with E-state index in [4.69, 9.17) is 4.42 Å². The van der Waals surface area contributed by atoms with Crippen molar-refractivity contribution in [1.82, 2.24) is 4.98 Å². The molecule has 3 aromatic rings. The van der Waals surface area contributed by atoms with Crippen LogP contribution in [0.2, 0.25) is 0 Å². The van der Waals surface area contributed by atoms with Gasteiger partial charge in [0.05, 0.1) is 0 Å². The van der Waals surface area contributed by atoms with E-state index in [9.17, 15) is 20.1 Å². The number of pyridine rings is 1. The van der Waals surface area contributed by atoms with Crippen LogP contribution in [0, 0.1) is 0 Å². The molecule has 0 radical (unpaired) electrons. The quantitative estimate of drug-likeness (QED) is 0.562. The summed E-state index contributed by atoms with van der Waals surface area (Å²) < 4.78 is 5.48. The smallest absolute Gasteiger partial charge is 0.227 e. The molecule has 0 spiro atoms. The normalized spacial score (nSPS) is 11.9. The molecule has 7 heteroatoms. The molecule has 7 nitrogen and oxygen atoms in total. The highest BCUT2D eigenvalue weighted by atomic mass is 16.4. The zero-order valence-corrected chi connectivity index (χ0v) is 13.1. The SMILES string of the molecule is O=c1cc(CO)oc([C@@H](Nc2ccccn2)c2ccccc2O)c1O. The van der Waals surface area contributed by atoms with E-state index in [0.717, 1.165) is 6.07 Å². The van der Waals surface area contributed by atoms with E-state index in [1.807, 2.05) is 0 Å². The van der Waals surface area contributed by atoms with Crippen LogP contribution in [0.4, 0.5) is 5.82 Å². The minimum atomic E-state index is -0.893. The van der Waals surface area contributed by atoms with Crippen molar-refractivity contribution in [3.63, 3.8) is 0 Å². The van der Waals surface area contributed by atoms with Crippen LogP contribution in [0.25, 0.3) is 0 Å². The van der Waals surface area contributed by atoms with Crippen LogP contribution in [-0.2, 0) is 6.61 Å². The van der Waals surface area contributed by atoms with Gasteiger partial charge < -0.3 is 25.1 Å². The molecule has 3 rings (SSSR count). The van der Waals surface area contributed by atoms with Crippen molar-refractivity contribution < 1.29 is 19.7 Å². The molecular weight excluding hydrogens is 324 g/mol. The molecule has 0 saturated heterocycles. The molecule has 0 aliphatic rings. The highest BCUT2D eigenvalue weighted by Gasteiger charge is 2.26. The van der Waals surface area contributed by atoms with Crippen molar-refractivity contribution in [2.45, 2.75) is 12.6 Å². The van der Waals surface area contributed by atoms with Gasteiger partial charge in [-0.1, -0.05) is 24.3 Å². The maximum atomic E-state index is 12.0. The van der Waals surface area contributed by atoms with Crippen molar-refractivity contribution >= 4 is 5.82 Å². The third-order valence-corrected chi connectivity index (χ3v) is 3.62. The Balaban J connectivity index is 2.16. The lowest BCUT2D eigenvalue weighted by molar-refractivity contribution is 0.234. The summed E-state index contributed by atoms with van der Waals surface area (Å²) in [6.07, 6.45) is 1.57. The van der Waals surface area contributed by atoms with Crippen molar-refractivity contribution in [1.29, 1.82) is 0 Å². The molecule has 2 heterocycles. The average molecular weight is 340 g/mol. The Labute approximate surface area is 142 Å². The van der Waals surface area contributed by atoms with Gasteiger partial charge in [0.15, 0.2) is 5.76 Å². The fourth-order valence-electron chi connectivity index (χ4n) is 2.44. The van der Waals surface area contributed by atoms with Gasteiger partial charge in [0.25, 0.3) is 0 Å². The first kappa shape index (κ1) is 16.5. The van der Waals surface area contributed by atoms with E-state index in [1.165, 1.54) is 6.07 Å². The van der Waals surface area contributed by atoms with Crippen molar-refractivity contribution in [2.75, 3.05) is 5.32 Å². The predicted octanol–water partition coefficient (Wildman–Crippen LogP) is 2.14. The Kier molecular flexibility index (Phi) is 4.67. The van der Waals surface area contributed by atoms with Crippen LogP contribution >= 0.6 is 0 Å². The number of anilines is 1. The number of aromatic hydroxyl groups is 2. The minimum Gasteiger partial charge on any atom is -0.508 e. The fourth-order valence-corrected chi connectivity index (χ4v) is 2.44. The zero-order valence-electron chi connectivity index (χ0n) is 13.1. The van der Waals surface area contributed by atoms with Crippen LogP contribution in [-0.4, -0.2) is 20.3 Å². The molecule has 0 unspecified atom stereocenters. The second-order valence-electron chi connectivity index (χ2n) is 5.30. The Hall–Kier alpha value is -3.32. The Morgan fingerprint density at radius 2 is 1.88 bits per heavy atom. The van der Waals surface area contributed by atoms with E-state index < -0.39 is 23.8 Å². The summed E-state index contributed by atoms with van der Waals surface area (Å²) in [4.78, 5) is 16.1. The van der Waals surface area contributed by atoms with Crippen molar-refractivity contribution in [3.05, 3.63) is 82.0 Å². The topological polar surface area (TPSA) is 116 Å². The number of aliphatic hydroxyl groups excluding tert-OH is 1. The maximum Gasteiger partial charge on any atom is 0.227 e. The largest absolute Gasteiger partial charge is 0.508 e. The summed E-state index contributed by atoms with van der Waals surface area (Å²) in [5, 5.41) is 32.7. The van der Waals surface area contributed by atoms with Gasteiger partial charge in [-0.3, -0.25) is 4.79 Å². The standard InChI is InChI=1S/C18H16N2O5/c21-10-11-9-14(23)17(24)18(25-11)16(12-5-1-2-6-13(12)22)20-15-7-3-4-8-19-15/h1-9,16,21-22,24H,10H2,(H,19,20)/t16-/m0/s1. The van der Waals surface area contributed by atoms with Crippen molar-refractivity contribution in [3.8, 4) is 11.5 Å². The number of nitrogens with one attached hydrogen (secondary N) is 1. The third kappa shape index (κ3) is 3.46. The Bertz CT molecular complexity index is 924. The number of phenols is 1. The minimum absolute atomic E-state index is 0.000965. The molecule has 0 fully saturated rings. The summed E-state index contributed by atoms with van der Waals surface area (Å²) in [6.45, 7) is -0.500. The summed E-state index contributed by atoms with van der Waals surface area (Å²) >= 11 is 0. The van der Waals surface area contributed by atoms with Crippen LogP contribution in [0.1, 0.15) is 23.1 Å². The van der Waals surface area contributed by atoms with E-state index in [0.29, 0.717) is 11.4 Å². The van der Waals surface area contributed by atoms with E-state index in [1.54, 1.807) is 42.6 Å². The zero-order chi connectivity index (χ0) is 17.8. The fraction of sp³-hybridized carbons (Fsp3) is 0.111. The number of hydrogen-bond donors (Lipinski definition) is 4. The van der Waals surface area contributed by atoms with Crippen LogP contribution < -0.4 is 10.7 Å². The van der Waals surface area contributed by atoms with E-state index in [2.05, 4.69) is 10.3 Å². The van der Waals surface area contributed by atoms with Crippen LogP contribution in [0.5, 0.6) is 11.5 Å². The van der Waals surface area contributed by atoms with Gasteiger partial charge in [-0.2, -0.15) is 0 Å². The van der Waals surface area contributed by atoms with Gasteiger partial charge in [-0.25, -0.2) is 4.98 Å². The van der Waals surface area contributed by atoms with E-state index in [-0.39, 0.29) is 17.3 Å². The molecular formula is C18H16N2O5.